The Labute approximate surface area is 116 Å². The van der Waals surface area contributed by atoms with E-state index >= 15 is 0 Å². The molecule has 102 valence electrons. The minimum absolute atomic E-state index is 0.791. The van der Waals surface area contributed by atoms with Crippen molar-refractivity contribution in [3.05, 3.63) is 29.8 Å². The van der Waals surface area contributed by atoms with Crippen LogP contribution in [0.4, 0.5) is 0 Å². The van der Waals surface area contributed by atoms with Crippen LogP contribution in [-0.4, -0.2) is 31.5 Å². The summed E-state index contributed by atoms with van der Waals surface area (Å²) < 4.78 is 5.23. The number of methoxy groups -OCH3 is 1. The highest BCUT2D eigenvalue weighted by atomic mass is 35.5. The van der Waals surface area contributed by atoms with Gasteiger partial charge in [-0.25, -0.2) is 0 Å². The first kappa shape index (κ1) is 15.3. The monoisotopic (exact) mass is 269 g/mol. The van der Waals surface area contributed by atoms with Gasteiger partial charge in [0.25, 0.3) is 0 Å². The normalized spacial score (nSPS) is 10.9. The molecule has 0 aromatic heterocycles. The summed E-state index contributed by atoms with van der Waals surface area (Å²) in [6.07, 6.45) is 4.91. The minimum atomic E-state index is 0.791. The van der Waals surface area contributed by atoms with Gasteiger partial charge in [-0.15, -0.1) is 11.6 Å². The molecule has 0 heterocycles. The Bertz CT molecular complexity index is 330. The van der Waals surface area contributed by atoms with E-state index in [0.29, 0.717) is 0 Å². The summed E-state index contributed by atoms with van der Waals surface area (Å²) in [7, 11) is 3.88. The summed E-state index contributed by atoms with van der Waals surface area (Å²) in [4.78, 5) is 2.36. The molecule has 0 fully saturated rings. The van der Waals surface area contributed by atoms with Crippen LogP contribution >= 0.6 is 11.6 Å². The summed E-state index contributed by atoms with van der Waals surface area (Å²) in [6.45, 7) is 2.12. The molecule has 0 saturated heterocycles. The van der Waals surface area contributed by atoms with Gasteiger partial charge >= 0.3 is 0 Å². The summed E-state index contributed by atoms with van der Waals surface area (Å²) in [5.41, 5.74) is 1.30. The molecule has 0 aliphatic heterocycles. The SMILES string of the molecule is COc1cccc(CN(C)CCCCCCCl)c1. The van der Waals surface area contributed by atoms with E-state index in [1.165, 1.54) is 24.8 Å². The zero-order valence-electron chi connectivity index (χ0n) is 11.5. The molecule has 0 bridgehead atoms. The molecule has 0 radical (unpaired) electrons. The van der Waals surface area contributed by atoms with Gasteiger partial charge < -0.3 is 9.64 Å². The van der Waals surface area contributed by atoms with Gasteiger partial charge in [0, 0.05) is 12.4 Å². The molecule has 0 saturated carbocycles. The van der Waals surface area contributed by atoms with Gasteiger partial charge in [-0.05, 0) is 44.1 Å². The molecular weight excluding hydrogens is 246 g/mol. The quantitative estimate of drug-likeness (QED) is 0.498. The van der Waals surface area contributed by atoms with Crippen LogP contribution in [0.2, 0.25) is 0 Å². The van der Waals surface area contributed by atoms with Crippen molar-refractivity contribution >= 4 is 11.6 Å². The van der Waals surface area contributed by atoms with Crippen molar-refractivity contribution in [1.29, 1.82) is 0 Å². The maximum Gasteiger partial charge on any atom is 0.119 e. The highest BCUT2D eigenvalue weighted by Crippen LogP contribution is 2.14. The standard InChI is InChI=1S/C15H24ClNO/c1-17(11-6-4-3-5-10-16)13-14-8-7-9-15(12-14)18-2/h7-9,12H,3-6,10-11,13H2,1-2H3. The number of halogens is 1. The lowest BCUT2D eigenvalue weighted by atomic mass is 10.1. The van der Waals surface area contributed by atoms with E-state index in [4.69, 9.17) is 16.3 Å². The van der Waals surface area contributed by atoms with Crippen molar-refractivity contribution in [3.8, 4) is 5.75 Å². The van der Waals surface area contributed by atoms with E-state index in [1.54, 1.807) is 7.11 Å². The minimum Gasteiger partial charge on any atom is -0.497 e. The molecule has 0 atom stereocenters. The Hall–Kier alpha value is -0.730. The van der Waals surface area contributed by atoms with E-state index in [1.807, 2.05) is 12.1 Å². The maximum atomic E-state index is 5.66. The Morgan fingerprint density at radius 1 is 1.17 bits per heavy atom. The Balaban J connectivity index is 2.24. The molecule has 0 aliphatic rings. The molecule has 2 nitrogen and oxygen atoms in total. The average molecular weight is 270 g/mol. The molecule has 0 spiro atoms. The maximum absolute atomic E-state index is 5.66. The zero-order valence-corrected chi connectivity index (χ0v) is 12.2. The average Bonchev–Trinajstić information content (AvgIpc) is 2.38. The van der Waals surface area contributed by atoms with Gasteiger partial charge in [-0.3, -0.25) is 0 Å². The second kappa shape index (κ2) is 9.23. The van der Waals surface area contributed by atoms with E-state index in [2.05, 4.69) is 24.1 Å². The van der Waals surface area contributed by atoms with Crippen LogP contribution in [0.25, 0.3) is 0 Å². The predicted octanol–water partition coefficient (Wildman–Crippen LogP) is 3.93. The molecule has 3 heteroatoms. The molecule has 0 aliphatic carbocycles. The summed E-state index contributed by atoms with van der Waals surface area (Å²) in [5.74, 6) is 1.72. The van der Waals surface area contributed by atoms with Crippen LogP contribution in [0, 0.1) is 0 Å². The molecule has 1 rings (SSSR count). The summed E-state index contributed by atoms with van der Waals surface area (Å²) >= 11 is 5.66. The molecule has 0 unspecified atom stereocenters. The van der Waals surface area contributed by atoms with Crippen LogP contribution in [0.15, 0.2) is 24.3 Å². The van der Waals surface area contributed by atoms with Gasteiger partial charge in [0.15, 0.2) is 0 Å². The fraction of sp³-hybridized carbons (Fsp3) is 0.600. The first-order valence-electron chi connectivity index (χ1n) is 6.63. The second-order valence-corrected chi connectivity index (χ2v) is 5.07. The van der Waals surface area contributed by atoms with Gasteiger partial charge in [0.05, 0.1) is 7.11 Å². The summed E-state index contributed by atoms with van der Waals surface area (Å²) in [5, 5.41) is 0. The van der Waals surface area contributed by atoms with Gasteiger partial charge in [-0.2, -0.15) is 0 Å². The molecule has 0 amide bonds. The predicted molar refractivity (Wildman–Crippen MR) is 78.5 cm³/mol. The summed E-state index contributed by atoms with van der Waals surface area (Å²) in [6, 6.07) is 8.27. The number of rotatable bonds is 9. The Morgan fingerprint density at radius 3 is 2.67 bits per heavy atom. The lowest BCUT2D eigenvalue weighted by molar-refractivity contribution is 0.316. The second-order valence-electron chi connectivity index (χ2n) is 4.69. The van der Waals surface area contributed by atoms with E-state index in [9.17, 15) is 0 Å². The number of alkyl halides is 1. The molecule has 18 heavy (non-hydrogen) atoms. The van der Waals surface area contributed by atoms with Crippen molar-refractivity contribution in [1.82, 2.24) is 4.90 Å². The van der Waals surface area contributed by atoms with Crippen LogP contribution in [0.5, 0.6) is 5.75 Å². The lowest BCUT2D eigenvalue weighted by Crippen LogP contribution is -2.19. The van der Waals surface area contributed by atoms with Gasteiger partial charge in [-0.1, -0.05) is 25.0 Å². The molecular formula is C15H24ClNO. The third-order valence-corrected chi connectivity index (χ3v) is 3.28. The van der Waals surface area contributed by atoms with Crippen molar-refractivity contribution in [2.75, 3.05) is 26.6 Å². The Morgan fingerprint density at radius 2 is 1.94 bits per heavy atom. The Kier molecular flexibility index (Phi) is 7.86. The van der Waals surface area contributed by atoms with Gasteiger partial charge in [0.2, 0.25) is 0 Å². The van der Waals surface area contributed by atoms with E-state index in [-0.39, 0.29) is 0 Å². The van der Waals surface area contributed by atoms with Crippen LogP contribution in [0.1, 0.15) is 31.2 Å². The highest BCUT2D eigenvalue weighted by Gasteiger charge is 2.01. The smallest absolute Gasteiger partial charge is 0.119 e. The third-order valence-electron chi connectivity index (χ3n) is 3.01. The number of ether oxygens (including phenoxy) is 1. The molecule has 0 N–H and O–H groups in total. The zero-order chi connectivity index (χ0) is 13.2. The number of hydrogen-bond acceptors (Lipinski definition) is 2. The lowest BCUT2D eigenvalue weighted by Gasteiger charge is -2.16. The largest absolute Gasteiger partial charge is 0.497 e. The molecule has 1 aromatic rings. The fourth-order valence-corrected chi connectivity index (χ4v) is 2.18. The van der Waals surface area contributed by atoms with Crippen LogP contribution < -0.4 is 4.74 Å². The number of hydrogen-bond donors (Lipinski definition) is 0. The fourth-order valence-electron chi connectivity index (χ4n) is 1.99. The van der Waals surface area contributed by atoms with Crippen molar-refractivity contribution in [2.24, 2.45) is 0 Å². The van der Waals surface area contributed by atoms with Crippen LogP contribution in [0.3, 0.4) is 0 Å². The van der Waals surface area contributed by atoms with E-state index in [0.717, 1.165) is 31.1 Å². The first-order chi connectivity index (χ1) is 8.76. The third kappa shape index (κ3) is 6.27. The van der Waals surface area contributed by atoms with Crippen molar-refractivity contribution in [2.45, 2.75) is 32.2 Å². The van der Waals surface area contributed by atoms with Gasteiger partial charge in [0.1, 0.15) is 5.75 Å². The van der Waals surface area contributed by atoms with Crippen LogP contribution in [-0.2, 0) is 6.54 Å². The van der Waals surface area contributed by atoms with Crippen molar-refractivity contribution < 1.29 is 4.74 Å². The molecule has 1 aromatic carbocycles. The number of benzene rings is 1. The van der Waals surface area contributed by atoms with Crippen molar-refractivity contribution in [3.63, 3.8) is 0 Å². The topological polar surface area (TPSA) is 12.5 Å². The highest BCUT2D eigenvalue weighted by molar-refractivity contribution is 6.17. The first-order valence-corrected chi connectivity index (χ1v) is 7.17. The number of unbranched alkanes of at least 4 members (excludes halogenated alkanes) is 3. The van der Waals surface area contributed by atoms with E-state index < -0.39 is 0 Å². The number of nitrogens with zero attached hydrogens (tertiary/aromatic N) is 1.